The van der Waals surface area contributed by atoms with Gasteiger partial charge in [0.15, 0.2) is 5.78 Å². The van der Waals surface area contributed by atoms with Crippen molar-refractivity contribution in [3.05, 3.63) is 95.6 Å². The Labute approximate surface area is 126 Å². The van der Waals surface area contributed by atoms with E-state index >= 15 is 0 Å². The summed E-state index contributed by atoms with van der Waals surface area (Å²) in [5.74, 6) is 0.0246. The van der Waals surface area contributed by atoms with Gasteiger partial charge in [-0.15, -0.1) is 0 Å². The van der Waals surface area contributed by atoms with Crippen molar-refractivity contribution in [2.24, 2.45) is 0 Å². The second-order valence-corrected chi connectivity index (χ2v) is 4.73. The van der Waals surface area contributed by atoms with Crippen molar-refractivity contribution < 1.29 is 4.79 Å². The molecular formula is C20H18O. The first-order valence-electron chi connectivity index (χ1n) is 6.93. The van der Waals surface area contributed by atoms with Crippen LogP contribution in [0, 0.1) is 0 Å². The molecule has 0 heterocycles. The topological polar surface area (TPSA) is 17.1 Å². The van der Waals surface area contributed by atoms with Gasteiger partial charge in [0.25, 0.3) is 0 Å². The van der Waals surface area contributed by atoms with Gasteiger partial charge in [0.2, 0.25) is 0 Å². The van der Waals surface area contributed by atoms with E-state index in [1.54, 1.807) is 12.2 Å². The van der Waals surface area contributed by atoms with E-state index in [9.17, 15) is 4.79 Å². The van der Waals surface area contributed by atoms with Gasteiger partial charge < -0.3 is 0 Å². The maximum absolute atomic E-state index is 12.0. The van der Waals surface area contributed by atoms with Gasteiger partial charge in [0.1, 0.15) is 0 Å². The summed E-state index contributed by atoms with van der Waals surface area (Å²) < 4.78 is 0. The van der Waals surface area contributed by atoms with Crippen molar-refractivity contribution in [3.63, 3.8) is 0 Å². The first-order chi connectivity index (χ1) is 10.3. The van der Waals surface area contributed by atoms with Gasteiger partial charge in [-0.2, -0.15) is 0 Å². The first-order valence-corrected chi connectivity index (χ1v) is 6.93. The lowest BCUT2D eigenvalue weighted by molar-refractivity contribution is -0.111. The quantitative estimate of drug-likeness (QED) is 0.558. The Kier molecular flexibility index (Phi) is 5.48. The van der Waals surface area contributed by atoms with Gasteiger partial charge in [-0.25, -0.2) is 0 Å². The van der Waals surface area contributed by atoms with Crippen LogP contribution in [0.4, 0.5) is 0 Å². The highest BCUT2D eigenvalue weighted by Crippen LogP contribution is 2.07. The Balaban J connectivity index is 1.96. The summed E-state index contributed by atoms with van der Waals surface area (Å²) in [4.78, 5) is 12.0. The highest BCUT2D eigenvalue weighted by atomic mass is 16.1. The van der Waals surface area contributed by atoms with Crippen molar-refractivity contribution in [2.45, 2.75) is 6.92 Å². The molecule has 0 radical (unpaired) electrons. The molecule has 104 valence electrons. The van der Waals surface area contributed by atoms with Crippen LogP contribution in [0.2, 0.25) is 0 Å². The van der Waals surface area contributed by atoms with E-state index in [4.69, 9.17) is 0 Å². The minimum absolute atomic E-state index is 0.0246. The largest absolute Gasteiger partial charge is 0.290 e. The first kappa shape index (κ1) is 14.7. The highest BCUT2D eigenvalue weighted by molar-refractivity contribution is 6.06. The lowest BCUT2D eigenvalue weighted by Crippen LogP contribution is -1.93. The molecule has 2 rings (SSSR count). The number of rotatable bonds is 5. The Morgan fingerprint density at radius 1 is 0.810 bits per heavy atom. The third kappa shape index (κ3) is 5.07. The molecule has 0 aliphatic rings. The minimum atomic E-state index is 0.0246. The molecule has 2 aromatic carbocycles. The lowest BCUT2D eigenvalue weighted by Gasteiger charge is -1.96. The van der Waals surface area contributed by atoms with Gasteiger partial charge in [-0.05, 0) is 35.8 Å². The molecule has 0 N–H and O–H groups in total. The van der Waals surface area contributed by atoms with Crippen LogP contribution < -0.4 is 0 Å². The molecule has 1 heteroatoms. The molecule has 0 saturated carbocycles. The molecule has 0 atom stereocenters. The fourth-order valence-corrected chi connectivity index (χ4v) is 1.88. The van der Waals surface area contributed by atoms with E-state index in [0.717, 1.165) is 16.7 Å². The van der Waals surface area contributed by atoms with Crippen LogP contribution in [0.3, 0.4) is 0 Å². The van der Waals surface area contributed by atoms with Crippen molar-refractivity contribution in [3.8, 4) is 0 Å². The van der Waals surface area contributed by atoms with Crippen LogP contribution in [0.25, 0.3) is 12.2 Å². The second-order valence-electron chi connectivity index (χ2n) is 4.73. The van der Waals surface area contributed by atoms with Crippen LogP contribution >= 0.6 is 0 Å². The zero-order chi connectivity index (χ0) is 14.9. The van der Waals surface area contributed by atoms with E-state index < -0.39 is 0 Å². The smallest absolute Gasteiger partial charge is 0.181 e. The number of carbonyl (C=O) groups excluding carboxylic acids is 1. The molecule has 0 amide bonds. The Hall–Kier alpha value is -2.67. The zero-order valence-electron chi connectivity index (χ0n) is 12.1. The summed E-state index contributed by atoms with van der Waals surface area (Å²) in [5.41, 5.74) is 2.88. The third-order valence-corrected chi connectivity index (χ3v) is 3.02. The second kappa shape index (κ2) is 7.81. The molecular weight excluding hydrogens is 256 g/mol. The van der Waals surface area contributed by atoms with E-state index in [1.165, 1.54) is 0 Å². The number of hydrogen-bond acceptors (Lipinski definition) is 1. The van der Waals surface area contributed by atoms with Crippen LogP contribution in [0.1, 0.15) is 18.1 Å². The number of allylic oxidation sites excluding steroid dienone is 4. The Bertz CT molecular complexity index is 661. The van der Waals surface area contributed by atoms with Gasteiger partial charge >= 0.3 is 0 Å². The van der Waals surface area contributed by atoms with E-state index in [0.29, 0.717) is 0 Å². The van der Waals surface area contributed by atoms with Gasteiger partial charge in [-0.3, -0.25) is 4.79 Å². The molecule has 0 aromatic heterocycles. The summed E-state index contributed by atoms with van der Waals surface area (Å²) in [6.07, 6.45) is 9.11. The van der Waals surface area contributed by atoms with Crippen LogP contribution in [0.15, 0.2) is 84.5 Å². The van der Waals surface area contributed by atoms with E-state index in [2.05, 4.69) is 0 Å². The number of benzene rings is 2. The average molecular weight is 274 g/mol. The predicted octanol–water partition coefficient (Wildman–Crippen LogP) is 4.93. The van der Waals surface area contributed by atoms with E-state index in [1.807, 2.05) is 85.8 Å². The standard InChI is InChI=1S/C20H18O/c1-17(16-19-13-6-3-7-14-19)20(21)15-9-8-12-18-10-4-2-5-11-18/h2-16H,1H3/b12-8+,15-9+,17-16+. The maximum atomic E-state index is 12.0. The van der Waals surface area contributed by atoms with Crippen LogP contribution in [-0.4, -0.2) is 5.78 Å². The van der Waals surface area contributed by atoms with Gasteiger partial charge in [-0.1, -0.05) is 78.9 Å². The Morgan fingerprint density at radius 2 is 1.38 bits per heavy atom. The fraction of sp³-hybridized carbons (Fsp3) is 0.0500. The summed E-state index contributed by atoms with van der Waals surface area (Å²) >= 11 is 0. The van der Waals surface area contributed by atoms with Crippen molar-refractivity contribution >= 4 is 17.9 Å². The predicted molar refractivity (Wildman–Crippen MR) is 89.7 cm³/mol. The molecule has 0 fully saturated rings. The van der Waals surface area contributed by atoms with Crippen molar-refractivity contribution in [2.75, 3.05) is 0 Å². The summed E-state index contributed by atoms with van der Waals surface area (Å²) in [6, 6.07) is 19.8. The molecule has 2 aromatic rings. The summed E-state index contributed by atoms with van der Waals surface area (Å²) in [7, 11) is 0. The number of ketones is 1. The maximum Gasteiger partial charge on any atom is 0.181 e. The van der Waals surface area contributed by atoms with Crippen LogP contribution in [-0.2, 0) is 4.79 Å². The van der Waals surface area contributed by atoms with Crippen LogP contribution in [0.5, 0.6) is 0 Å². The lowest BCUT2D eigenvalue weighted by atomic mass is 10.1. The molecule has 0 saturated heterocycles. The molecule has 0 spiro atoms. The SMILES string of the molecule is C/C(=C\c1ccccc1)C(=O)/C=C/C=C/c1ccccc1. The zero-order valence-corrected chi connectivity index (χ0v) is 12.1. The Morgan fingerprint density at radius 3 is 2.00 bits per heavy atom. The van der Waals surface area contributed by atoms with E-state index in [-0.39, 0.29) is 5.78 Å². The molecule has 21 heavy (non-hydrogen) atoms. The normalized spacial score (nSPS) is 12.1. The third-order valence-electron chi connectivity index (χ3n) is 3.02. The highest BCUT2D eigenvalue weighted by Gasteiger charge is 1.98. The fourth-order valence-electron chi connectivity index (χ4n) is 1.88. The summed E-state index contributed by atoms with van der Waals surface area (Å²) in [6.45, 7) is 1.83. The molecule has 1 nitrogen and oxygen atoms in total. The van der Waals surface area contributed by atoms with Gasteiger partial charge in [0.05, 0.1) is 0 Å². The van der Waals surface area contributed by atoms with Crippen molar-refractivity contribution in [1.82, 2.24) is 0 Å². The summed E-state index contributed by atoms with van der Waals surface area (Å²) in [5, 5.41) is 0. The minimum Gasteiger partial charge on any atom is -0.290 e. The van der Waals surface area contributed by atoms with Gasteiger partial charge in [0, 0.05) is 0 Å². The molecule has 0 aliphatic carbocycles. The average Bonchev–Trinajstić information content (AvgIpc) is 2.53. The molecule has 0 aliphatic heterocycles. The molecule has 0 bridgehead atoms. The van der Waals surface area contributed by atoms with Crippen molar-refractivity contribution in [1.29, 1.82) is 0 Å². The monoisotopic (exact) mass is 274 g/mol. The number of hydrogen-bond donors (Lipinski definition) is 0. The molecule has 0 unspecified atom stereocenters. The number of carbonyl (C=O) groups is 1.